The van der Waals surface area contributed by atoms with Crippen molar-refractivity contribution in [3.8, 4) is 0 Å². The van der Waals surface area contributed by atoms with Crippen LogP contribution in [0, 0.1) is 13.8 Å². The molecule has 4 nitrogen and oxygen atoms in total. The Morgan fingerprint density at radius 2 is 1.76 bits per heavy atom. The average Bonchev–Trinajstić information content (AvgIpc) is 2.30. The minimum absolute atomic E-state index is 0.377. The first-order valence-corrected chi connectivity index (χ1v) is 8.90. The van der Waals surface area contributed by atoms with Crippen LogP contribution in [0.3, 0.4) is 0 Å². The fourth-order valence-electron chi connectivity index (χ4n) is 2.64. The summed E-state index contributed by atoms with van der Waals surface area (Å²) in [6, 6.07) is 3.72. The summed E-state index contributed by atoms with van der Waals surface area (Å²) in [4.78, 5) is 0.377. The van der Waals surface area contributed by atoms with E-state index in [2.05, 4.69) is 17.0 Å². The van der Waals surface area contributed by atoms with E-state index in [4.69, 9.17) is 0 Å². The van der Waals surface area contributed by atoms with Crippen LogP contribution in [0.4, 0.5) is 0 Å². The Morgan fingerprint density at radius 1 is 1.14 bits per heavy atom. The molecule has 0 amide bonds. The van der Waals surface area contributed by atoms with E-state index in [1.807, 2.05) is 40.8 Å². The van der Waals surface area contributed by atoms with Crippen LogP contribution in [-0.4, -0.2) is 21.0 Å². The zero-order valence-corrected chi connectivity index (χ0v) is 14.8. The van der Waals surface area contributed by atoms with Gasteiger partial charge in [0.05, 0.1) is 4.90 Å². The molecule has 0 aliphatic heterocycles. The predicted octanol–water partition coefficient (Wildman–Crippen LogP) is 2.88. The van der Waals surface area contributed by atoms with Gasteiger partial charge >= 0.3 is 0 Å². The van der Waals surface area contributed by atoms with Gasteiger partial charge in [0.1, 0.15) is 0 Å². The third-order valence-corrected chi connectivity index (χ3v) is 5.42. The maximum absolute atomic E-state index is 12.7. The molecule has 0 bridgehead atoms. The zero-order chi connectivity index (χ0) is 16.3. The van der Waals surface area contributed by atoms with Gasteiger partial charge in [0.15, 0.2) is 0 Å². The Labute approximate surface area is 129 Å². The van der Waals surface area contributed by atoms with Gasteiger partial charge in [-0.3, -0.25) is 0 Å². The molecule has 1 aromatic rings. The minimum Gasteiger partial charge on any atom is -0.316 e. The van der Waals surface area contributed by atoms with Crippen LogP contribution in [0.25, 0.3) is 0 Å². The predicted molar refractivity (Wildman–Crippen MR) is 88.0 cm³/mol. The summed E-state index contributed by atoms with van der Waals surface area (Å²) >= 11 is 0. The van der Waals surface area contributed by atoms with Crippen molar-refractivity contribution in [2.24, 2.45) is 0 Å². The van der Waals surface area contributed by atoms with Gasteiger partial charge in [-0.25, -0.2) is 13.1 Å². The second-order valence-corrected chi connectivity index (χ2v) is 7.96. The van der Waals surface area contributed by atoms with Crippen LogP contribution >= 0.6 is 0 Å². The molecule has 0 atom stereocenters. The average molecular weight is 312 g/mol. The molecular weight excluding hydrogens is 284 g/mol. The molecule has 120 valence electrons. The number of rotatable bonds is 7. The molecule has 1 aromatic carbocycles. The van der Waals surface area contributed by atoms with Crippen molar-refractivity contribution < 1.29 is 8.42 Å². The third-order valence-electron chi connectivity index (χ3n) is 3.58. The Morgan fingerprint density at radius 3 is 2.29 bits per heavy atom. The molecule has 0 aromatic heterocycles. The van der Waals surface area contributed by atoms with E-state index in [0.29, 0.717) is 11.4 Å². The van der Waals surface area contributed by atoms with Crippen molar-refractivity contribution in [3.63, 3.8) is 0 Å². The quantitative estimate of drug-likeness (QED) is 0.814. The zero-order valence-electron chi connectivity index (χ0n) is 14.0. The summed E-state index contributed by atoms with van der Waals surface area (Å²) < 4.78 is 28.2. The maximum Gasteiger partial charge on any atom is 0.241 e. The highest BCUT2D eigenvalue weighted by Gasteiger charge is 2.27. The topological polar surface area (TPSA) is 58.2 Å². The van der Waals surface area contributed by atoms with Crippen LogP contribution < -0.4 is 10.0 Å². The number of hydrogen-bond acceptors (Lipinski definition) is 3. The standard InChI is InChI=1S/C16H28N2O2S/c1-7-8-16(4,5)18-21(19,20)15-10-14(11-17-6)12(2)9-13(15)3/h9-10,17-18H,7-8,11H2,1-6H3. The molecule has 0 saturated heterocycles. The van der Waals surface area contributed by atoms with Gasteiger partial charge in [0, 0.05) is 12.1 Å². The van der Waals surface area contributed by atoms with Crippen LogP contribution in [0.2, 0.25) is 0 Å². The molecule has 0 heterocycles. The van der Waals surface area contributed by atoms with Crippen molar-refractivity contribution in [1.82, 2.24) is 10.0 Å². The first-order chi connectivity index (χ1) is 9.63. The number of hydrogen-bond donors (Lipinski definition) is 2. The molecule has 0 unspecified atom stereocenters. The van der Waals surface area contributed by atoms with Gasteiger partial charge in [-0.05, 0) is 63.9 Å². The highest BCUT2D eigenvalue weighted by Crippen LogP contribution is 2.23. The maximum atomic E-state index is 12.7. The van der Waals surface area contributed by atoms with Crippen LogP contribution in [0.15, 0.2) is 17.0 Å². The number of aryl methyl sites for hydroxylation is 2. The van der Waals surface area contributed by atoms with Gasteiger partial charge in [-0.15, -0.1) is 0 Å². The number of sulfonamides is 1. The van der Waals surface area contributed by atoms with Gasteiger partial charge in [-0.2, -0.15) is 0 Å². The molecule has 5 heteroatoms. The van der Waals surface area contributed by atoms with Crippen molar-refractivity contribution in [1.29, 1.82) is 0 Å². The number of nitrogens with one attached hydrogen (secondary N) is 2. The van der Waals surface area contributed by atoms with E-state index >= 15 is 0 Å². The molecule has 2 N–H and O–H groups in total. The highest BCUT2D eigenvalue weighted by molar-refractivity contribution is 7.89. The molecule has 21 heavy (non-hydrogen) atoms. The summed E-state index contributed by atoms with van der Waals surface area (Å²) in [6.45, 7) is 10.4. The lowest BCUT2D eigenvalue weighted by Gasteiger charge is -2.26. The van der Waals surface area contributed by atoms with Gasteiger partial charge in [0.2, 0.25) is 10.0 Å². The van der Waals surface area contributed by atoms with Crippen molar-refractivity contribution in [2.45, 2.75) is 64.4 Å². The lowest BCUT2D eigenvalue weighted by molar-refractivity contribution is 0.417. The van der Waals surface area contributed by atoms with E-state index in [-0.39, 0.29) is 0 Å². The van der Waals surface area contributed by atoms with Gasteiger partial charge < -0.3 is 5.32 Å². The van der Waals surface area contributed by atoms with Gasteiger partial charge in [-0.1, -0.05) is 19.4 Å². The molecule has 0 aliphatic rings. The second-order valence-electron chi connectivity index (χ2n) is 6.31. The first-order valence-electron chi connectivity index (χ1n) is 7.41. The minimum atomic E-state index is -3.51. The summed E-state index contributed by atoms with van der Waals surface area (Å²) in [5.41, 5.74) is 2.46. The largest absolute Gasteiger partial charge is 0.316 e. The summed E-state index contributed by atoms with van der Waals surface area (Å²) in [5, 5.41) is 3.08. The summed E-state index contributed by atoms with van der Waals surface area (Å²) in [7, 11) is -1.65. The molecule has 0 radical (unpaired) electrons. The van der Waals surface area contributed by atoms with E-state index in [0.717, 1.165) is 29.5 Å². The van der Waals surface area contributed by atoms with Crippen molar-refractivity contribution >= 4 is 10.0 Å². The Hall–Kier alpha value is -0.910. The molecular formula is C16H28N2O2S. The normalized spacial score (nSPS) is 12.7. The Bertz CT molecular complexity index is 593. The van der Waals surface area contributed by atoms with E-state index < -0.39 is 15.6 Å². The SMILES string of the molecule is CCCC(C)(C)NS(=O)(=O)c1cc(CNC)c(C)cc1C. The van der Waals surface area contributed by atoms with Crippen LogP contribution in [0.1, 0.15) is 50.3 Å². The van der Waals surface area contributed by atoms with Crippen molar-refractivity contribution in [2.75, 3.05) is 7.05 Å². The summed E-state index contributed by atoms with van der Waals surface area (Å²) in [6.07, 6.45) is 1.74. The molecule has 0 spiro atoms. The van der Waals surface area contributed by atoms with Crippen molar-refractivity contribution in [3.05, 3.63) is 28.8 Å². The fourth-order valence-corrected chi connectivity index (χ4v) is 4.36. The smallest absolute Gasteiger partial charge is 0.241 e. The van der Waals surface area contributed by atoms with Crippen LogP contribution in [-0.2, 0) is 16.6 Å². The highest BCUT2D eigenvalue weighted by atomic mass is 32.2. The number of benzene rings is 1. The molecule has 0 saturated carbocycles. The third kappa shape index (κ3) is 4.80. The lowest BCUT2D eigenvalue weighted by atomic mass is 10.0. The molecule has 1 rings (SSSR count). The first kappa shape index (κ1) is 18.1. The molecule has 0 fully saturated rings. The summed E-state index contributed by atoms with van der Waals surface area (Å²) in [5.74, 6) is 0. The van der Waals surface area contributed by atoms with Crippen LogP contribution in [0.5, 0.6) is 0 Å². The Kier molecular flexibility index (Phi) is 5.96. The van der Waals surface area contributed by atoms with E-state index in [9.17, 15) is 8.42 Å². The van der Waals surface area contributed by atoms with Gasteiger partial charge in [0.25, 0.3) is 0 Å². The molecule has 0 aliphatic carbocycles. The second kappa shape index (κ2) is 6.90. The lowest BCUT2D eigenvalue weighted by Crippen LogP contribution is -2.43. The monoisotopic (exact) mass is 312 g/mol. The Balaban J connectivity index is 3.22. The van der Waals surface area contributed by atoms with E-state index in [1.165, 1.54) is 0 Å². The van der Waals surface area contributed by atoms with E-state index in [1.54, 1.807) is 6.07 Å². The fraction of sp³-hybridized carbons (Fsp3) is 0.625.